The molecule has 3 aliphatic rings. The molecule has 2 aromatic heterocycles. The number of hydrogen-bond donors (Lipinski definition) is 1. The predicted octanol–water partition coefficient (Wildman–Crippen LogP) is 4.67. The van der Waals surface area contributed by atoms with Gasteiger partial charge in [0.05, 0.1) is 6.04 Å². The maximum absolute atomic E-state index is 12.5. The van der Waals surface area contributed by atoms with Crippen LogP contribution in [-0.4, -0.2) is 19.3 Å². The maximum Gasteiger partial charge on any atom is 0.224 e. The van der Waals surface area contributed by atoms with Gasteiger partial charge >= 0.3 is 0 Å². The first kappa shape index (κ1) is 19.1. The van der Waals surface area contributed by atoms with Crippen molar-refractivity contribution < 1.29 is 5.11 Å². The van der Waals surface area contributed by atoms with E-state index in [0.29, 0.717) is 17.4 Å². The van der Waals surface area contributed by atoms with Crippen molar-refractivity contribution in [1.82, 2.24) is 14.2 Å². The highest BCUT2D eigenvalue weighted by Crippen LogP contribution is 2.51. The summed E-state index contributed by atoms with van der Waals surface area (Å²) >= 11 is 1.86. The van der Waals surface area contributed by atoms with Gasteiger partial charge in [0.2, 0.25) is 5.43 Å². The fourth-order valence-electron chi connectivity index (χ4n) is 5.38. The number of rotatable bonds is 2. The number of hydrogen-bond acceptors (Lipinski definition) is 5. The molecular formula is C26H22N4O2S. The Bertz CT molecular complexity index is 1410. The molecule has 6 nitrogen and oxygen atoms in total. The largest absolute Gasteiger partial charge is 0.503 e. The second-order valence-corrected chi connectivity index (χ2v) is 9.96. The topological polar surface area (TPSA) is 63.3 Å². The third-order valence-electron chi connectivity index (χ3n) is 6.99. The highest BCUT2D eigenvalue weighted by molar-refractivity contribution is 7.98. The smallest absolute Gasteiger partial charge is 0.224 e. The second kappa shape index (κ2) is 7.02. The lowest BCUT2D eigenvalue weighted by Crippen LogP contribution is -2.49. The molecule has 1 aliphatic carbocycles. The molecule has 0 bridgehead atoms. The first-order chi connectivity index (χ1) is 16.2. The first-order valence-corrected chi connectivity index (χ1v) is 12.3. The van der Waals surface area contributed by atoms with Crippen LogP contribution in [0.4, 0.5) is 0 Å². The molecular weight excluding hydrogens is 432 g/mol. The Kier molecular flexibility index (Phi) is 4.06. The molecule has 0 saturated heterocycles. The van der Waals surface area contributed by atoms with Crippen LogP contribution < -0.4 is 10.4 Å². The van der Waals surface area contributed by atoms with E-state index in [1.807, 2.05) is 22.6 Å². The SMILES string of the molecule is O=c1ccn2c(c1O)-c1nccn1C(C1CC1)N2C1c2ccccc2CSc2ccccc21. The summed E-state index contributed by atoms with van der Waals surface area (Å²) in [4.78, 5) is 18.3. The fourth-order valence-corrected chi connectivity index (χ4v) is 6.47. The highest BCUT2D eigenvalue weighted by Gasteiger charge is 2.46. The summed E-state index contributed by atoms with van der Waals surface area (Å²) in [6, 6.07) is 18.6. The van der Waals surface area contributed by atoms with Crippen LogP contribution in [-0.2, 0) is 5.75 Å². The maximum atomic E-state index is 12.5. The zero-order valence-corrected chi connectivity index (χ0v) is 18.7. The summed E-state index contributed by atoms with van der Waals surface area (Å²) in [5, 5.41) is 13.3. The van der Waals surface area contributed by atoms with Crippen LogP contribution in [0.5, 0.6) is 5.75 Å². The average Bonchev–Trinajstić information content (AvgIpc) is 3.59. The first-order valence-electron chi connectivity index (χ1n) is 11.3. The van der Waals surface area contributed by atoms with E-state index in [1.54, 1.807) is 12.4 Å². The molecule has 7 heteroatoms. The Morgan fingerprint density at radius 3 is 2.61 bits per heavy atom. The summed E-state index contributed by atoms with van der Waals surface area (Å²) < 4.78 is 4.13. The molecule has 164 valence electrons. The molecule has 2 atom stereocenters. The zero-order valence-electron chi connectivity index (χ0n) is 17.8. The third-order valence-corrected chi connectivity index (χ3v) is 8.13. The summed E-state index contributed by atoms with van der Waals surface area (Å²) in [7, 11) is 0. The standard InChI is InChI=1S/C26H22N4O2S/c31-20-11-13-29-23(24(20)32)25-27-12-14-28(25)26(16-9-10-16)30(29)22-18-6-2-1-5-17(18)15-33-21-8-4-3-7-19(21)22/h1-8,11-14,16,22,26,32H,9-10,15H2. The Morgan fingerprint density at radius 1 is 0.970 bits per heavy atom. The molecule has 1 N–H and O–H groups in total. The summed E-state index contributed by atoms with van der Waals surface area (Å²) in [5.74, 6) is 1.77. The number of nitrogens with zero attached hydrogens (tertiary/aromatic N) is 4. The minimum absolute atomic E-state index is 0.0334. The number of aromatic nitrogens is 3. The van der Waals surface area contributed by atoms with Crippen molar-refractivity contribution in [2.45, 2.75) is 35.7 Å². The van der Waals surface area contributed by atoms with Gasteiger partial charge in [0, 0.05) is 35.3 Å². The molecule has 1 saturated carbocycles. The van der Waals surface area contributed by atoms with Gasteiger partial charge in [0.25, 0.3) is 0 Å². The van der Waals surface area contributed by atoms with Gasteiger partial charge in [-0.2, -0.15) is 0 Å². The van der Waals surface area contributed by atoms with Gasteiger partial charge in [0.15, 0.2) is 17.3 Å². The van der Waals surface area contributed by atoms with Gasteiger partial charge in [-0.15, -0.1) is 11.8 Å². The van der Waals surface area contributed by atoms with E-state index in [0.717, 1.165) is 18.6 Å². The quantitative estimate of drug-likeness (QED) is 0.477. The van der Waals surface area contributed by atoms with Crippen LogP contribution in [0.25, 0.3) is 11.5 Å². The van der Waals surface area contributed by atoms with Crippen molar-refractivity contribution in [2.75, 3.05) is 5.01 Å². The number of benzene rings is 2. The Balaban J connectivity index is 1.56. The number of pyridine rings is 1. The van der Waals surface area contributed by atoms with Gasteiger partial charge in [-0.1, -0.05) is 42.5 Å². The summed E-state index contributed by atoms with van der Waals surface area (Å²) in [6.07, 6.45) is 7.87. The fraction of sp³-hybridized carbons (Fsp3) is 0.231. The molecule has 2 aromatic carbocycles. The van der Waals surface area contributed by atoms with E-state index in [9.17, 15) is 9.90 Å². The van der Waals surface area contributed by atoms with E-state index < -0.39 is 5.43 Å². The molecule has 33 heavy (non-hydrogen) atoms. The second-order valence-electron chi connectivity index (χ2n) is 8.94. The van der Waals surface area contributed by atoms with Crippen LogP contribution in [0, 0.1) is 5.92 Å². The summed E-state index contributed by atoms with van der Waals surface area (Å²) in [5.41, 5.74) is 3.87. The van der Waals surface area contributed by atoms with Crippen LogP contribution in [0.1, 0.15) is 41.7 Å². The van der Waals surface area contributed by atoms with E-state index in [2.05, 4.69) is 63.1 Å². The van der Waals surface area contributed by atoms with Crippen LogP contribution in [0.3, 0.4) is 0 Å². The Hall–Kier alpha value is -3.45. The normalized spacial score (nSPS) is 20.9. The van der Waals surface area contributed by atoms with E-state index >= 15 is 0 Å². The Labute approximate surface area is 195 Å². The van der Waals surface area contributed by atoms with Crippen molar-refractivity contribution in [1.29, 1.82) is 0 Å². The van der Waals surface area contributed by atoms with Crippen molar-refractivity contribution in [3.05, 3.63) is 100 Å². The number of imidazole rings is 1. The molecule has 1 fully saturated rings. The van der Waals surface area contributed by atoms with Gasteiger partial charge in [-0.05, 0) is 41.5 Å². The molecule has 0 spiro atoms. The van der Waals surface area contributed by atoms with Gasteiger partial charge in [0.1, 0.15) is 6.17 Å². The molecule has 0 radical (unpaired) electrons. The van der Waals surface area contributed by atoms with Crippen LogP contribution in [0.15, 0.2) is 82.9 Å². The molecule has 2 aliphatic heterocycles. The highest BCUT2D eigenvalue weighted by atomic mass is 32.2. The van der Waals surface area contributed by atoms with Gasteiger partial charge in [-0.3, -0.25) is 14.5 Å². The number of fused-ring (bicyclic) bond motifs is 5. The zero-order chi connectivity index (χ0) is 22.1. The lowest BCUT2D eigenvalue weighted by molar-refractivity contribution is 0.302. The monoisotopic (exact) mass is 454 g/mol. The number of aromatic hydroxyl groups is 1. The lowest BCUT2D eigenvalue weighted by Gasteiger charge is -2.46. The minimum atomic E-state index is -0.391. The van der Waals surface area contributed by atoms with Crippen molar-refractivity contribution in [2.24, 2.45) is 5.92 Å². The van der Waals surface area contributed by atoms with E-state index in [4.69, 9.17) is 0 Å². The van der Waals surface area contributed by atoms with Crippen LogP contribution in [0.2, 0.25) is 0 Å². The Morgan fingerprint density at radius 2 is 1.76 bits per heavy atom. The van der Waals surface area contributed by atoms with Crippen LogP contribution >= 0.6 is 11.8 Å². The number of thioether (sulfide) groups is 1. The minimum Gasteiger partial charge on any atom is -0.503 e. The average molecular weight is 455 g/mol. The van der Waals surface area contributed by atoms with Crippen molar-refractivity contribution >= 4 is 11.8 Å². The van der Waals surface area contributed by atoms with E-state index in [1.165, 1.54) is 27.7 Å². The summed E-state index contributed by atoms with van der Waals surface area (Å²) in [6.45, 7) is 0. The van der Waals surface area contributed by atoms with Crippen molar-refractivity contribution in [3.8, 4) is 17.3 Å². The molecule has 0 amide bonds. The van der Waals surface area contributed by atoms with Gasteiger partial charge in [-0.25, -0.2) is 4.98 Å². The van der Waals surface area contributed by atoms with Crippen molar-refractivity contribution in [3.63, 3.8) is 0 Å². The van der Waals surface area contributed by atoms with Gasteiger partial charge < -0.3 is 9.67 Å². The predicted molar refractivity (Wildman–Crippen MR) is 128 cm³/mol. The molecule has 7 rings (SSSR count). The molecule has 4 heterocycles. The van der Waals surface area contributed by atoms with E-state index in [-0.39, 0.29) is 18.0 Å². The lowest BCUT2D eigenvalue weighted by atomic mass is 9.93. The molecule has 2 unspecified atom stereocenters. The molecule has 4 aromatic rings. The third kappa shape index (κ3) is 2.75.